The predicted octanol–water partition coefficient (Wildman–Crippen LogP) is 8.76. The van der Waals surface area contributed by atoms with E-state index in [0.29, 0.717) is 43.2 Å². The molecule has 0 aliphatic carbocycles. The maximum atomic E-state index is 13.7. The summed E-state index contributed by atoms with van der Waals surface area (Å²) >= 11 is 4.47. The van der Waals surface area contributed by atoms with E-state index in [1.54, 1.807) is 48.5 Å². The van der Waals surface area contributed by atoms with E-state index in [1.807, 2.05) is 0 Å². The summed E-state index contributed by atoms with van der Waals surface area (Å²) in [6, 6.07) is 22.2. The quantitative estimate of drug-likeness (QED) is 0.0102. The number of carbonyl (C=O) groups is 4. The molecule has 0 saturated heterocycles. The number of halogens is 6. The van der Waals surface area contributed by atoms with E-state index in [0.717, 1.165) is 60.3 Å². The normalized spacial score (nSPS) is 13.2. The number of oxime groups is 4. The molecule has 0 fully saturated rings. The number of carbonyl (C=O) groups excluding carboxylic acids is 4. The Hall–Kier alpha value is -6.58. The lowest BCUT2D eigenvalue weighted by Gasteiger charge is -2.31. The van der Waals surface area contributed by atoms with Gasteiger partial charge in [-0.2, -0.15) is 60.0 Å². The first-order valence-electron chi connectivity index (χ1n) is 25.8. The largest absolute Gasteiger partial charge is 0.465 e. The number of nitrogens with zero attached hydrogens (tertiary/aromatic N) is 4. The summed E-state index contributed by atoms with van der Waals surface area (Å²) in [6.45, 7) is 0.241. The van der Waals surface area contributed by atoms with Crippen molar-refractivity contribution in [1.29, 1.82) is 0 Å². The molecule has 91 heavy (non-hydrogen) atoms. The van der Waals surface area contributed by atoms with Crippen molar-refractivity contribution in [3.63, 3.8) is 0 Å². The van der Waals surface area contributed by atoms with E-state index in [-0.39, 0.29) is 60.1 Å². The van der Waals surface area contributed by atoms with Crippen LogP contribution in [-0.4, -0.2) is 167 Å². The molecule has 0 aliphatic rings. The number of alkyl halides is 6. The molecule has 0 atom stereocenters. The minimum absolute atomic E-state index is 0.0347. The van der Waals surface area contributed by atoms with Gasteiger partial charge in [0, 0.05) is 53.7 Å². The molecule has 500 valence electrons. The van der Waals surface area contributed by atoms with E-state index in [1.165, 1.54) is 61.6 Å². The zero-order chi connectivity index (χ0) is 67.9. The fourth-order valence-electron chi connectivity index (χ4n) is 6.58. The topological polar surface area (TPSA) is 328 Å². The van der Waals surface area contributed by atoms with Crippen molar-refractivity contribution in [1.82, 2.24) is 0 Å². The van der Waals surface area contributed by atoms with Crippen LogP contribution in [0.25, 0.3) is 0 Å². The Bertz CT molecular complexity index is 3500. The van der Waals surface area contributed by atoms with Gasteiger partial charge in [0.2, 0.25) is 0 Å². The van der Waals surface area contributed by atoms with Gasteiger partial charge in [0.25, 0.3) is 0 Å². The van der Waals surface area contributed by atoms with Crippen LogP contribution in [0.4, 0.5) is 26.3 Å². The maximum absolute atomic E-state index is 13.7. The lowest BCUT2D eigenvalue weighted by atomic mass is 9.92. The SMILES string of the molecule is C/C(=N\OS(C)(=O)=O)c1ccc(SCCC(=O)OCC(COC(=O)CCSc2ccc(/C(=N/OS(C)(=O)=O)C(F)(F)F)cc2)(COC(=O)CCSc2ccc(/C(=N/OS(C)(=O)=O)C(F)(F)F)cc2)COC(=O)CCSc2ccc(/C(C)=N/OS(C)(=O)=O)cc2)cc1. The Morgan fingerprint density at radius 1 is 0.363 bits per heavy atom. The molecule has 0 radical (unpaired) electrons. The van der Waals surface area contributed by atoms with Gasteiger partial charge in [-0.05, 0) is 73.5 Å². The molecule has 4 rings (SSSR count). The van der Waals surface area contributed by atoms with Gasteiger partial charge in [0.1, 0.15) is 31.8 Å². The molecule has 0 saturated carbocycles. The van der Waals surface area contributed by atoms with Crippen molar-refractivity contribution in [2.75, 3.05) is 74.5 Å². The summed E-state index contributed by atoms with van der Waals surface area (Å²) in [6.07, 6.45) is -8.70. The lowest BCUT2D eigenvalue weighted by Crippen LogP contribution is -2.44. The lowest BCUT2D eigenvalue weighted by molar-refractivity contribution is -0.170. The van der Waals surface area contributed by atoms with Gasteiger partial charge < -0.3 is 18.9 Å². The van der Waals surface area contributed by atoms with Crippen molar-refractivity contribution < 1.29 is 115 Å². The molecular formula is C53H58F6N4O20S8. The van der Waals surface area contributed by atoms with Crippen LogP contribution in [0.1, 0.15) is 61.8 Å². The van der Waals surface area contributed by atoms with E-state index in [2.05, 4.69) is 37.8 Å². The first kappa shape index (κ1) is 76.9. The molecule has 0 spiro atoms. The second-order valence-corrected chi connectivity index (χ2v) is 29.9. The smallest absolute Gasteiger partial charge is 0.437 e. The molecule has 0 aromatic heterocycles. The van der Waals surface area contributed by atoms with Gasteiger partial charge >= 0.3 is 76.7 Å². The second kappa shape index (κ2) is 34.9. The zero-order valence-electron chi connectivity index (χ0n) is 48.7. The molecule has 0 amide bonds. The molecule has 0 heterocycles. The molecule has 4 aromatic rings. The highest BCUT2D eigenvalue weighted by Gasteiger charge is 2.40. The van der Waals surface area contributed by atoms with Crippen LogP contribution in [0.2, 0.25) is 0 Å². The van der Waals surface area contributed by atoms with Crippen molar-refractivity contribution in [3.8, 4) is 0 Å². The second-order valence-electron chi connectivity index (χ2n) is 19.0. The highest BCUT2D eigenvalue weighted by Crippen LogP contribution is 2.30. The van der Waals surface area contributed by atoms with Crippen LogP contribution >= 0.6 is 47.0 Å². The van der Waals surface area contributed by atoms with Crippen molar-refractivity contribution >= 4 is 134 Å². The minimum Gasteiger partial charge on any atom is -0.465 e. The van der Waals surface area contributed by atoms with Crippen LogP contribution in [0.5, 0.6) is 0 Å². The summed E-state index contributed by atoms with van der Waals surface area (Å²) in [5.41, 5.74) is -4.58. The Morgan fingerprint density at radius 3 is 0.780 bits per heavy atom. The maximum Gasteiger partial charge on any atom is 0.437 e. The Labute approximate surface area is 537 Å². The zero-order valence-corrected chi connectivity index (χ0v) is 55.2. The fourth-order valence-corrected chi connectivity index (χ4v) is 10.8. The van der Waals surface area contributed by atoms with Crippen LogP contribution in [0.3, 0.4) is 0 Å². The van der Waals surface area contributed by atoms with Gasteiger partial charge in [-0.1, -0.05) is 69.2 Å². The third-order valence-electron chi connectivity index (χ3n) is 10.9. The summed E-state index contributed by atoms with van der Waals surface area (Å²) in [4.78, 5) is 55.8. The number of ether oxygens (including phenoxy) is 4. The third-order valence-corrected chi connectivity index (χ3v) is 16.4. The van der Waals surface area contributed by atoms with Crippen molar-refractivity contribution in [3.05, 3.63) is 119 Å². The average Bonchev–Trinajstić information content (AvgIpc) is 1.58. The molecule has 4 aromatic carbocycles. The van der Waals surface area contributed by atoms with Crippen LogP contribution in [0.15, 0.2) is 137 Å². The van der Waals surface area contributed by atoms with Crippen LogP contribution in [-0.2, 0) is 95.7 Å². The fraction of sp³-hybridized carbons (Fsp3) is 0.396. The van der Waals surface area contributed by atoms with E-state index >= 15 is 0 Å². The summed E-state index contributed by atoms with van der Waals surface area (Å²) in [7, 11) is -16.5. The van der Waals surface area contributed by atoms with E-state index in [9.17, 15) is 79.2 Å². The van der Waals surface area contributed by atoms with Gasteiger partial charge in [0.05, 0.1) is 62.1 Å². The number of esters is 4. The van der Waals surface area contributed by atoms with Gasteiger partial charge in [-0.3, -0.25) is 36.3 Å². The number of hydrogen-bond acceptors (Lipinski definition) is 28. The Balaban J connectivity index is 1.55. The van der Waals surface area contributed by atoms with Crippen molar-refractivity contribution in [2.45, 2.75) is 71.5 Å². The highest BCUT2D eigenvalue weighted by molar-refractivity contribution is 8.00. The number of benzene rings is 4. The van der Waals surface area contributed by atoms with Crippen LogP contribution in [0, 0.1) is 5.41 Å². The summed E-state index contributed by atoms with van der Waals surface area (Å²) in [5.74, 6) is -3.17. The molecule has 24 nitrogen and oxygen atoms in total. The molecular weight excluding hydrogens is 1380 g/mol. The highest BCUT2D eigenvalue weighted by atomic mass is 32.2. The number of hydrogen-bond donors (Lipinski definition) is 0. The molecule has 0 bridgehead atoms. The van der Waals surface area contributed by atoms with Crippen molar-refractivity contribution in [2.24, 2.45) is 26.0 Å². The standard InChI is InChI=1S/C53H58F6N4O20S8/c1-35(60-80-88(3,68)69)37-7-15-41(16-8-37)84-27-23-45(64)76-31-51(32-77-46(65)24-28-85-42-17-9-38(10-18-42)36(2)61-81-89(4,70)71,33-78-47(66)25-29-86-43-19-11-39(12-20-43)49(52(54,55)56)62-82-90(5,72)73)34-79-48(67)26-30-87-44-21-13-40(14-22-44)50(53(57,58)59)63-83-91(6,74)75/h7-22H,23-34H2,1-6H3/b60-35+,61-36+,62-49-,63-50-. The predicted molar refractivity (Wildman–Crippen MR) is 327 cm³/mol. The monoisotopic (exact) mass is 1440 g/mol. The molecule has 38 heteroatoms. The Morgan fingerprint density at radius 2 is 0.571 bits per heavy atom. The first-order valence-corrected chi connectivity index (χ1v) is 37.0. The van der Waals surface area contributed by atoms with Crippen LogP contribution < -0.4 is 0 Å². The third kappa shape index (κ3) is 31.1. The van der Waals surface area contributed by atoms with Gasteiger partial charge in [-0.15, -0.1) is 47.0 Å². The summed E-state index contributed by atoms with van der Waals surface area (Å²) in [5, 5.41) is 12.7. The molecule has 0 N–H and O–H groups in total. The molecule has 0 aliphatic heterocycles. The Kier molecular flexibility index (Phi) is 29.5. The van der Waals surface area contributed by atoms with E-state index < -0.39 is 131 Å². The summed E-state index contributed by atoms with van der Waals surface area (Å²) < 4.78 is 213. The average molecular weight is 1440 g/mol. The van der Waals surface area contributed by atoms with Gasteiger partial charge in [0.15, 0.2) is 11.4 Å². The molecule has 0 unspecified atom stereocenters. The van der Waals surface area contributed by atoms with Gasteiger partial charge in [-0.25, -0.2) is 0 Å². The number of rotatable bonds is 36. The minimum atomic E-state index is -5.11. The number of thioether (sulfide) groups is 4. The first-order chi connectivity index (χ1) is 42.3. The van der Waals surface area contributed by atoms with E-state index in [4.69, 9.17) is 18.9 Å².